The Morgan fingerprint density at radius 1 is 0.375 bits per heavy atom. The predicted molar refractivity (Wildman–Crippen MR) is 315 cm³/mol. The van der Waals surface area contributed by atoms with E-state index >= 15 is 0 Å². The smallest absolute Gasteiger partial charge is 0.305 e. The number of hydrogen-bond donors (Lipinski definition) is 3. The summed E-state index contributed by atoms with van der Waals surface area (Å²) in [4.78, 5) is 24.6. The molecule has 0 saturated heterocycles. The second-order valence-electron chi connectivity index (χ2n) is 22.8. The number of allylic oxidation sites excluding steroid dienone is 1. The number of amides is 1. The molecule has 72 heavy (non-hydrogen) atoms. The van der Waals surface area contributed by atoms with Crippen LogP contribution < -0.4 is 5.32 Å². The van der Waals surface area contributed by atoms with E-state index in [1.54, 1.807) is 6.08 Å². The van der Waals surface area contributed by atoms with Gasteiger partial charge in [0.1, 0.15) is 0 Å². The zero-order valence-corrected chi connectivity index (χ0v) is 48.9. The minimum absolute atomic E-state index is 0.00517. The SMILES string of the molecule is CCCCCCCCCCCCCCCCCCCCCC/C=C/C(O)C(CO)NC(=O)CCCCCCCCCCCCCCCCCOC(=O)CCCCCCCCCCCCCCCCCCCC. The molecule has 428 valence electrons. The summed E-state index contributed by atoms with van der Waals surface area (Å²) in [7, 11) is 0. The van der Waals surface area contributed by atoms with Gasteiger partial charge in [0.25, 0.3) is 0 Å². The Morgan fingerprint density at radius 3 is 0.944 bits per heavy atom. The fraction of sp³-hybridized carbons (Fsp3) is 0.939. The maximum absolute atomic E-state index is 12.5. The third-order valence-corrected chi connectivity index (χ3v) is 15.6. The Hall–Kier alpha value is -1.40. The Morgan fingerprint density at radius 2 is 0.639 bits per heavy atom. The number of esters is 1. The molecule has 2 unspecified atom stereocenters. The van der Waals surface area contributed by atoms with Crippen molar-refractivity contribution >= 4 is 11.9 Å². The summed E-state index contributed by atoms with van der Waals surface area (Å²) in [6.07, 6.45) is 75.4. The topological polar surface area (TPSA) is 95.9 Å². The van der Waals surface area contributed by atoms with Gasteiger partial charge in [0.2, 0.25) is 5.91 Å². The van der Waals surface area contributed by atoms with Gasteiger partial charge in [-0.2, -0.15) is 0 Å². The molecular formula is C66H129NO5. The standard InChI is InChI=1S/C66H129NO5/c1-3-5-7-9-11-13-15-17-19-21-23-24-25-26-27-30-34-38-42-46-50-54-58-64(69)63(62-68)67-65(70)59-55-51-47-43-39-35-31-29-33-37-41-45-49-53-57-61-72-66(71)60-56-52-48-44-40-36-32-28-22-20-18-16-14-12-10-8-6-4-2/h54,58,63-64,68-69H,3-53,55-57,59-62H2,1-2H3,(H,67,70)/b58-54+. The van der Waals surface area contributed by atoms with Crippen LogP contribution >= 0.6 is 0 Å². The molecule has 2 atom stereocenters. The fourth-order valence-corrected chi connectivity index (χ4v) is 10.5. The summed E-state index contributed by atoms with van der Waals surface area (Å²) in [5.74, 6) is -0.0667. The van der Waals surface area contributed by atoms with Crippen molar-refractivity contribution < 1.29 is 24.5 Å². The summed E-state index contributed by atoms with van der Waals surface area (Å²) in [6.45, 7) is 4.93. The van der Waals surface area contributed by atoms with Gasteiger partial charge in [-0.3, -0.25) is 9.59 Å². The first-order valence-electron chi connectivity index (χ1n) is 33.0. The van der Waals surface area contributed by atoms with Crippen LogP contribution in [0.1, 0.15) is 373 Å². The van der Waals surface area contributed by atoms with E-state index in [1.165, 1.54) is 302 Å². The van der Waals surface area contributed by atoms with Crippen LogP contribution in [0.5, 0.6) is 0 Å². The Kier molecular flexibility index (Phi) is 60.9. The number of aliphatic hydroxyl groups is 2. The molecule has 0 aromatic carbocycles. The Labute approximate surface area is 450 Å². The highest BCUT2D eigenvalue weighted by Gasteiger charge is 2.18. The van der Waals surface area contributed by atoms with Gasteiger partial charge in [-0.1, -0.05) is 341 Å². The number of ether oxygens (including phenoxy) is 1. The largest absolute Gasteiger partial charge is 0.466 e. The third kappa shape index (κ3) is 57.9. The average molecular weight is 1020 g/mol. The predicted octanol–water partition coefficient (Wildman–Crippen LogP) is 20.8. The monoisotopic (exact) mass is 1020 g/mol. The van der Waals surface area contributed by atoms with Crippen molar-refractivity contribution in [2.24, 2.45) is 0 Å². The number of rotatable bonds is 62. The molecule has 0 aliphatic heterocycles. The van der Waals surface area contributed by atoms with Crippen LogP contribution in [0.4, 0.5) is 0 Å². The van der Waals surface area contributed by atoms with Crippen molar-refractivity contribution in [1.82, 2.24) is 5.32 Å². The van der Waals surface area contributed by atoms with E-state index in [0.29, 0.717) is 19.4 Å². The van der Waals surface area contributed by atoms with E-state index in [4.69, 9.17) is 4.74 Å². The zero-order valence-electron chi connectivity index (χ0n) is 48.9. The van der Waals surface area contributed by atoms with Crippen LogP contribution in [0.25, 0.3) is 0 Å². The molecule has 1 amide bonds. The number of hydrogen-bond acceptors (Lipinski definition) is 5. The molecular weight excluding hydrogens is 887 g/mol. The van der Waals surface area contributed by atoms with Gasteiger partial charge in [-0.25, -0.2) is 0 Å². The Bertz CT molecular complexity index is 1080. The molecule has 3 N–H and O–H groups in total. The Balaban J connectivity index is 3.43. The van der Waals surface area contributed by atoms with Crippen molar-refractivity contribution in [3.05, 3.63) is 12.2 Å². The fourth-order valence-electron chi connectivity index (χ4n) is 10.5. The van der Waals surface area contributed by atoms with E-state index < -0.39 is 12.1 Å². The normalized spacial score (nSPS) is 12.6. The lowest BCUT2D eigenvalue weighted by Crippen LogP contribution is -2.45. The number of carbonyl (C=O) groups is 2. The van der Waals surface area contributed by atoms with Crippen molar-refractivity contribution in [2.75, 3.05) is 13.2 Å². The van der Waals surface area contributed by atoms with Crippen LogP contribution in [0, 0.1) is 0 Å². The van der Waals surface area contributed by atoms with E-state index in [0.717, 1.165) is 44.9 Å². The zero-order chi connectivity index (χ0) is 52.2. The molecule has 0 heterocycles. The molecule has 6 heteroatoms. The molecule has 0 aromatic rings. The van der Waals surface area contributed by atoms with Crippen molar-refractivity contribution in [3.8, 4) is 0 Å². The summed E-state index contributed by atoms with van der Waals surface area (Å²) in [5, 5.41) is 23.2. The highest BCUT2D eigenvalue weighted by molar-refractivity contribution is 5.76. The molecule has 6 nitrogen and oxygen atoms in total. The van der Waals surface area contributed by atoms with Crippen LogP contribution in [-0.2, 0) is 14.3 Å². The molecule has 0 aromatic heterocycles. The number of nitrogens with one attached hydrogen (secondary N) is 1. The number of aliphatic hydroxyl groups excluding tert-OH is 2. The van der Waals surface area contributed by atoms with Crippen LogP contribution in [0.15, 0.2) is 12.2 Å². The van der Waals surface area contributed by atoms with E-state index in [1.807, 2.05) is 6.08 Å². The summed E-state index contributed by atoms with van der Waals surface area (Å²) >= 11 is 0. The van der Waals surface area contributed by atoms with Crippen molar-refractivity contribution in [1.29, 1.82) is 0 Å². The maximum atomic E-state index is 12.5. The van der Waals surface area contributed by atoms with Crippen molar-refractivity contribution in [3.63, 3.8) is 0 Å². The molecule has 0 radical (unpaired) electrons. The lowest BCUT2D eigenvalue weighted by Gasteiger charge is -2.20. The highest BCUT2D eigenvalue weighted by atomic mass is 16.5. The van der Waals surface area contributed by atoms with Crippen LogP contribution in [-0.4, -0.2) is 47.4 Å². The van der Waals surface area contributed by atoms with E-state index in [9.17, 15) is 19.8 Å². The molecule has 0 aliphatic rings. The van der Waals surface area contributed by atoms with Crippen molar-refractivity contribution in [2.45, 2.75) is 386 Å². The van der Waals surface area contributed by atoms with Gasteiger partial charge in [-0.05, 0) is 32.1 Å². The third-order valence-electron chi connectivity index (χ3n) is 15.6. The second-order valence-corrected chi connectivity index (χ2v) is 22.8. The lowest BCUT2D eigenvalue weighted by atomic mass is 10.0. The van der Waals surface area contributed by atoms with Crippen LogP contribution in [0.2, 0.25) is 0 Å². The summed E-state index contributed by atoms with van der Waals surface area (Å²) < 4.78 is 5.50. The van der Waals surface area contributed by atoms with E-state index in [2.05, 4.69) is 19.2 Å². The van der Waals surface area contributed by atoms with Gasteiger partial charge in [0, 0.05) is 12.8 Å². The minimum atomic E-state index is -0.851. The number of carbonyl (C=O) groups excluding carboxylic acids is 2. The van der Waals surface area contributed by atoms with Gasteiger partial charge in [0.15, 0.2) is 0 Å². The molecule has 0 rings (SSSR count). The molecule has 0 aliphatic carbocycles. The first-order valence-corrected chi connectivity index (χ1v) is 33.0. The summed E-state index contributed by atoms with van der Waals surface area (Å²) in [5.41, 5.74) is 0. The highest BCUT2D eigenvalue weighted by Crippen LogP contribution is 2.19. The van der Waals surface area contributed by atoms with Crippen LogP contribution in [0.3, 0.4) is 0 Å². The van der Waals surface area contributed by atoms with Gasteiger partial charge in [0.05, 0.1) is 25.4 Å². The molecule has 0 spiro atoms. The second kappa shape index (κ2) is 62.1. The maximum Gasteiger partial charge on any atom is 0.305 e. The summed E-state index contributed by atoms with van der Waals surface area (Å²) in [6, 6.07) is -0.635. The average Bonchev–Trinajstić information content (AvgIpc) is 3.38. The lowest BCUT2D eigenvalue weighted by molar-refractivity contribution is -0.143. The van der Waals surface area contributed by atoms with Gasteiger partial charge < -0.3 is 20.3 Å². The molecule has 0 bridgehead atoms. The molecule has 0 saturated carbocycles. The first kappa shape index (κ1) is 70.6. The number of unbranched alkanes of at least 4 members (excludes halogenated alkanes) is 51. The molecule has 0 fully saturated rings. The quantitative estimate of drug-likeness (QED) is 0.0320. The minimum Gasteiger partial charge on any atom is -0.466 e. The van der Waals surface area contributed by atoms with Gasteiger partial charge >= 0.3 is 5.97 Å². The first-order chi connectivity index (χ1) is 35.5. The van der Waals surface area contributed by atoms with Gasteiger partial charge in [-0.15, -0.1) is 0 Å². The van der Waals surface area contributed by atoms with E-state index in [-0.39, 0.29) is 18.5 Å².